The third kappa shape index (κ3) is 8.68. The molecule has 0 aliphatic carbocycles. The summed E-state index contributed by atoms with van der Waals surface area (Å²) >= 11 is 0. The highest BCUT2D eigenvalue weighted by atomic mass is 35.5. The minimum atomic E-state index is -0.874. The topological polar surface area (TPSA) is 90.7 Å². The molecular weight excluding hydrogens is 368 g/mol. The van der Waals surface area contributed by atoms with E-state index in [4.69, 9.17) is 15.2 Å². The number of nitrogens with two attached hydrogens (primary N) is 1. The summed E-state index contributed by atoms with van der Waals surface area (Å²) in [6, 6.07) is 18.1. The van der Waals surface area contributed by atoms with Crippen molar-refractivity contribution in [2.45, 2.75) is 25.7 Å². The molecule has 0 heterocycles. The van der Waals surface area contributed by atoms with E-state index in [0.717, 1.165) is 11.1 Å². The van der Waals surface area contributed by atoms with Gasteiger partial charge in [0.15, 0.2) is 6.04 Å². The molecule has 0 aromatic heterocycles. The molecule has 2 aromatic carbocycles. The van der Waals surface area contributed by atoms with Crippen molar-refractivity contribution >= 4 is 24.3 Å². The van der Waals surface area contributed by atoms with Crippen LogP contribution in [0.25, 0.3) is 0 Å². The first-order chi connectivity index (χ1) is 12.7. The van der Waals surface area contributed by atoms with E-state index in [2.05, 4.69) is 5.32 Å². The third-order valence-corrected chi connectivity index (χ3v) is 3.61. The Kier molecular flexibility index (Phi) is 10.8. The van der Waals surface area contributed by atoms with Gasteiger partial charge in [0, 0.05) is 13.0 Å². The molecule has 0 aliphatic heterocycles. The molecule has 1 atom stereocenters. The van der Waals surface area contributed by atoms with Gasteiger partial charge in [-0.05, 0) is 11.1 Å². The molecule has 27 heavy (non-hydrogen) atoms. The molecule has 0 saturated carbocycles. The molecule has 2 rings (SSSR count). The molecule has 0 saturated heterocycles. The van der Waals surface area contributed by atoms with Gasteiger partial charge in [0.25, 0.3) is 0 Å². The van der Waals surface area contributed by atoms with Crippen molar-refractivity contribution in [3.8, 4) is 0 Å². The summed E-state index contributed by atoms with van der Waals surface area (Å²) < 4.78 is 10.9. The molecule has 0 radical (unpaired) electrons. The van der Waals surface area contributed by atoms with Gasteiger partial charge < -0.3 is 20.5 Å². The SMILES string of the molecule is Cl.NCCC(=O)N[C@@H](COCc1ccccc1)C(=O)OCc1ccccc1. The molecule has 0 unspecified atom stereocenters. The van der Waals surface area contributed by atoms with Crippen LogP contribution in [0.3, 0.4) is 0 Å². The summed E-state index contributed by atoms with van der Waals surface area (Å²) in [6.07, 6.45) is 0.140. The van der Waals surface area contributed by atoms with Gasteiger partial charge in [-0.1, -0.05) is 60.7 Å². The lowest BCUT2D eigenvalue weighted by Gasteiger charge is -2.18. The highest BCUT2D eigenvalue weighted by Crippen LogP contribution is 2.05. The van der Waals surface area contributed by atoms with E-state index in [1.54, 1.807) is 0 Å². The van der Waals surface area contributed by atoms with E-state index >= 15 is 0 Å². The Morgan fingerprint density at radius 1 is 0.926 bits per heavy atom. The monoisotopic (exact) mass is 392 g/mol. The fourth-order valence-corrected chi connectivity index (χ4v) is 2.26. The Morgan fingerprint density at radius 3 is 2.04 bits per heavy atom. The van der Waals surface area contributed by atoms with Crippen molar-refractivity contribution in [1.82, 2.24) is 5.32 Å². The van der Waals surface area contributed by atoms with Crippen molar-refractivity contribution in [1.29, 1.82) is 0 Å². The van der Waals surface area contributed by atoms with Gasteiger partial charge in [0.05, 0.1) is 13.2 Å². The number of hydrogen-bond donors (Lipinski definition) is 2. The lowest BCUT2D eigenvalue weighted by molar-refractivity contribution is -0.151. The normalized spacial score (nSPS) is 11.1. The van der Waals surface area contributed by atoms with Crippen LogP contribution in [0, 0.1) is 0 Å². The second kappa shape index (κ2) is 12.9. The Bertz CT molecular complexity index is 683. The van der Waals surface area contributed by atoms with E-state index in [-0.39, 0.29) is 44.5 Å². The smallest absolute Gasteiger partial charge is 0.331 e. The predicted octanol–water partition coefficient (Wildman–Crippen LogP) is 2.20. The van der Waals surface area contributed by atoms with Crippen molar-refractivity contribution in [2.24, 2.45) is 5.73 Å². The lowest BCUT2D eigenvalue weighted by Crippen LogP contribution is -2.45. The second-order valence-corrected chi connectivity index (χ2v) is 5.75. The van der Waals surface area contributed by atoms with Crippen molar-refractivity contribution in [3.05, 3.63) is 71.8 Å². The standard InChI is InChI=1S/C20H24N2O4.ClH/c21-12-11-19(23)22-18(15-25-13-16-7-3-1-4-8-16)20(24)26-14-17-9-5-2-6-10-17;/h1-10,18H,11-15,21H2,(H,22,23);1H/t18-;/m0./s1. The molecule has 0 bridgehead atoms. The maximum absolute atomic E-state index is 12.4. The number of nitrogens with one attached hydrogen (secondary N) is 1. The Balaban J connectivity index is 0.00000364. The summed E-state index contributed by atoms with van der Waals surface area (Å²) in [7, 11) is 0. The molecule has 0 fully saturated rings. The summed E-state index contributed by atoms with van der Waals surface area (Å²) in [5.41, 5.74) is 7.24. The molecule has 1 amide bonds. The van der Waals surface area contributed by atoms with Crippen LogP contribution in [0.1, 0.15) is 17.5 Å². The second-order valence-electron chi connectivity index (χ2n) is 5.75. The average Bonchev–Trinajstić information content (AvgIpc) is 2.67. The molecule has 0 spiro atoms. The predicted molar refractivity (Wildman–Crippen MR) is 105 cm³/mol. The van der Waals surface area contributed by atoms with Gasteiger partial charge in [-0.2, -0.15) is 0 Å². The van der Waals surface area contributed by atoms with Crippen LogP contribution < -0.4 is 11.1 Å². The van der Waals surface area contributed by atoms with Gasteiger partial charge in [0.2, 0.25) is 5.91 Å². The van der Waals surface area contributed by atoms with E-state index in [1.807, 2.05) is 60.7 Å². The van der Waals surface area contributed by atoms with Gasteiger partial charge in [-0.25, -0.2) is 4.79 Å². The zero-order valence-electron chi connectivity index (χ0n) is 15.0. The van der Waals surface area contributed by atoms with Crippen LogP contribution in [0.5, 0.6) is 0 Å². The quantitative estimate of drug-likeness (QED) is 0.605. The van der Waals surface area contributed by atoms with Crippen LogP contribution in [0.2, 0.25) is 0 Å². The number of carbonyl (C=O) groups excluding carboxylic acids is 2. The largest absolute Gasteiger partial charge is 0.459 e. The van der Waals surface area contributed by atoms with Crippen molar-refractivity contribution < 1.29 is 19.1 Å². The number of rotatable bonds is 10. The number of hydrogen-bond acceptors (Lipinski definition) is 5. The molecule has 6 nitrogen and oxygen atoms in total. The summed E-state index contributed by atoms with van der Waals surface area (Å²) in [5.74, 6) is -0.843. The first kappa shape index (κ1) is 22.6. The van der Waals surface area contributed by atoms with Crippen LogP contribution in [-0.4, -0.2) is 31.1 Å². The number of amides is 1. The molecule has 0 aliphatic rings. The zero-order chi connectivity index (χ0) is 18.6. The maximum atomic E-state index is 12.4. The minimum Gasteiger partial charge on any atom is -0.459 e. The van der Waals surface area contributed by atoms with E-state index < -0.39 is 12.0 Å². The highest BCUT2D eigenvalue weighted by molar-refractivity contribution is 5.85. The van der Waals surface area contributed by atoms with E-state index in [9.17, 15) is 9.59 Å². The van der Waals surface area contributed by atoms with Crippen LogP contribution in [0.15, 0.2) is 60.7 Å². The summed E-state index contributed by atoms with van der Waals surface area (Å²) in [6.45, 7) is 0.721. The van der Waals surface area contributed by atoms with Crippen LogP contribution in [-0.2, 0) is 32.3 Å². The lowest BCUT2D eigenvalue weighted by atomic mass is 10.2. The van der Waals surface area contributed by atoms with Crippen LogP contribution >= 0.6 is 12.4 Å². The minimum absolute atomic E-state index is 0. The van der Waals surface area contributed by atoms with Crippen LogP contribution in [0.4, 0.5) is 0 Å². The Hall–Kier alpha value is -2.41. The number of benzene rings is 2. The first-order valence-corrected chi connectivity index (χ1v) is 8.50. The molecule has 2 aromatic rings. The van der Waals surface area contributed by atoms with Gasteiger partial charge in [-0.3, -0.25) is 4.79 Å². The highest BCUT2D eigenvalue weighted by Gasteiger charge is 2.22. The maximum Gasteiger partial charge on any atom is 0.331 e. The summed E-state index contributed by atoms with van der Waals surface area (Å²) in [5, 5.41) is 2.62. The molecular formula is C20H25ClN2O4. The number of halogens is 1. The number of ether oxygens (including phenoxy) is 2. The fourth-order valence-electron chi connectivity index (χ4n) is 2.26. The Labute approximate surface area is 165 Å². The van der Waals surface area contributed by atoms with Crippen molar-refractivity contribution in [2.75, 3.05) is 13.2 Å². The number of esters is 1. The fraction of sp³-hybridized carbons (Fsp3) is 0.300. The van der Waals surface area contributed by atoms with Crippen molar-refractivity contribution in [3.63, 3.8) is 0 Å². The molecule has 146 valence electrons. The van der Waals surface area contributed by atoms with Gasteiger partial charge >= 0.3 is 5.97 Å². The molecule has 3 N–H and O–H groups in total. The zero-order valence-corrected chi connectivity index (χ0v) is 15.8. The van der Waals surface area contributed by atoms with E-state index in [1.165, 1.54) is 0 Å². The van der Waals surface area contributed by atoms with E-state index in [0.29, 0.717) is 6.61 Å². The van der Waals surface area contributed by atoms with Gasteiger partial charge in [0.1, 0.15) is 6.61 Å². The average molecular weight is 393 g/mol. The molecule has 7 heteroatoms. The summed E-state index contributed by atoms with van der Waals surface area (Å²) in [4.78, 5) is 24.2. The first-order valence-electron chi connectivity index (χ1n) is 8.50. The Morgan fingerprint density at radius 2 is 1.48 bits per heavy atom. The number of carbonyl (C=O) groups is 2. The van der Waals surface area contributed by atoms with Gasteiger partial charge in [-0.15, -0.1) is 12.4 Å². The third-order valence-electron chi connectivity index (χ3n) is 3.61.